The average molecular weight is 380 g/mol. The summed E-state index contributed by atoms with van der Waals surface area (Å²) in [4.78, 5) is 22.1. The SMILES string of the molecule is Cc1ccc2nc(Cn3ccc4c(Cc5ccccc5)cncc4c3=O)cn2c1. The average Bonchev–Trinajstić information content (AvgIpc) is 3.13. The maximum absolute atomic E-state index is 13.1. The highest BCUT2D eigenvalue weighted by Crippen LogP contribution is 2.18. The lowest BCUT2D eigenvalue weighted by Gasteiger charge is -2.09. The summed E-state index contributed by atoms with van der Waals surface area (Å²) >= 11 is 0. The molecule has 0 saturated carbocycles. The molecule has 0 aliphatic rings. The van der Waals surface area contributed by atoms with Crippen molar-refractivity contribution in [2.24, 2.45) is 0 Å². The third-order valence-electron chi connectivity index (χ3n) is 5.20. The second-order valence-corrected chi connectivity index (χ2v) is 7.38. The molecule has 1 aromatic carbocycles. The van der Waals surface area contributed by atoms with Gasteiger partial charge in [-0.05, 0) is 47.6 Å². The summed E-state index contributed by atoms with van der Waals surface area (Å²) in [5.41, 5.74) is 5.11. The minimum Gasteiger partial charge on any atom is -0.309 e. The Bertz CT molecular complexity index is 1380. The molecule has 5 aromatic rings. The van der Waals surface area contributed by atoms with Crippen molar-refractivity contribution in [1.29, 1.82) is 0 Å². The Morgan fingerprint density at radius 1 is 0.931 bits per heavy atom. The van der Waals surface area contributed by atoms with Crippen LogP contribution in [-0.4, -0.2) is 18.9 Å². The number of aromatic nitrogens is 4. The molecule has 4 aromatic heterocycles. The molecule has 142 valence electrons. The predicted octanol–water partition coefficient (Wildman–Crippen LogP) is 3.99. The number of rotatable bonds is 4. The van der Waals surface area contributed by atoms with Gasteiger partial charge in [-0.3, -0.25) is 9.78 Å². The van der Waals surface area contributed by atoms with Crippen LogP contribution in [0.25, 0.3) is 16.4 Å². The second-order valence-electron chi connectivity index (χ2n) is 7.38. The highest BCUT2D eigenvalue weighted by atomic mass is 16.1. The summed E-state index contributed by atoms with van der Waals surface area (Å²) < 4.78 is 3.70. The van der Waals surface area contributed by atoms with Gasteiger partial charge in [-0.2, -0.15) is 0 Å². The lowest BCUT2D eigenvalue weighted by Crippen LogP contribution is -2.20. The van der Waals surface area contributed by atoms with Gasteiger partial charge in [0.15, 0.2) is 0 Å². The Hall–Kier alpha value is -3.73. The first-order chi connectivity index (χ1) is 14.2. The summed E-state index contributed by atoms with van der Waals surface area (Å²) in [5, 5.41) is 1.59. The number of benzene rings is 1. The molecule has 0 atom stereocenters. The van der Waals surface area contributed by atoms with Crippen LogP contribution in [0.2, 0.25) is 0 Å². The lowest BCUT2D eigenvalue weighted by molar-refractivity contribution is 0.751. The number of hydrogen-bond donors (Lipinski definition) is 0. The smallest absolute Gasteiger partial charge is 0.260 e. The van der Waals surface area contributed by atoms with Gasteiger partial charge in [0.2, 0.25) is 0 Å². The van der Waals surface area contributed by atoms with Crippen molar-refractivity contribution in [3.8, 4) is 0 Å². The zero-order valence-electron chi connectivity index (χ0n) is 16.1. The van der Waals surface area contributed by atoms with Crippen LogP contribution in [0.1, 0.15) is 22.4 Å². The molecule has 0 aliphatic heterocycles. The van der Waals surface area contributed by atoms with Gasteiger partial charge in [-0.25, -0.2) is 4.98 Å². The van der Waals surface area contributed by atoms with Crippen molar-refractivity contribution < 1.29 is 0 Å². The largest absolute Gasteiger partial charge is 0.309 e. The monoisotopic (exact) mass is 380 g/mol. The summed E-state index contributed by atoms with van der Waals surface area (Å²) in [7, 11) is 0. The molecule has 0 radical (unpaired) electrons. The topological polar surface area (TPSA) is 52.2 Å². The fraction of sp³-hybridized carbons (Fsp3) is 0.125. The van der Waals surface area contributed by atoms with E-state index in [0.717, 1.165) is 28.7 Å². The number of aryl methyl sites for hydroxylation is 1. The van der Waals surface area contributed by atoms with Crippen LogP contribution >= 0.6 is 0 Å². The van der Waals surface area contributed by atoms with E-state index in [-0.39, 0.29) is 5.56 Å². The van der Waals surface area contributed by atoms with E-state index in [9.17, 15) is 4.79 Å². The van der Waals surface area contributed by atoms with Gasteiger partial charge in [0.05, 0.1) is 17.6 Å². The number of nitrogens with zero attached hydrogens (tertiary/aromatic N) is 4. The molecule has 5 rings (SSSR count). The van der Waals surface area contributed by atoms with E-state index in [0.29, 0.717) is 11.9 Å². The number of fused-ring (bicyclic) bond motifs is 2. The van der Waals surface area contributed by atoms with Crippen molar-refractivity contribution in [1.82, 2.24) is 18.9 Å². The maximum atomic E-state index is 13.1. The number of hydrogen-bond acceptors (Lipinski definition) is 3. The molecular formula is C24H20N4O. The molecule has 0 aliphatic carbocycles. The van der Waals surface area contributed by atoms with Gasteiger partial charge in [-0.15, -0.1) is 0 Å². The van der Waals surface area contributed by atoms with E-state index in [1.807, 2.05) is 72.5 Å². The van der Waals surface area contributed by atoms with Crippen LogP contribution in [0.15, 0.2) is 84.3 Å². The van der Waals surface area contributed by atoms with Gasteiger partial charge in [0.25, 0.3) is 5.56 Å². The van der Waals surface area contributed by atoms with Crippen LogP contribution < -0.4 is 5.56 Å². The van der Waals surface area contributed by atoms with E-state index in [4.69, 9.17) is 0 Å². The first kappa shape index (κ1) is 17.4. The standard InChI is InChI=1S/C24H20N4O/c1-17-7-8-23-26-20(16-28(23)14-17)15-27-10-9-21-19(11-18-5-3-2-4-6-18)12-25-13-22(21)24(27)29/h2-10,12-14,16H,11,15H2,1H3. The van der Waals surface area contributed by atoms with E-state index >= 15 is 0 Å². The molecule has 0 bridgehead atoms. The van der Waals surface area contributed by atoms with E-state index in [2.05, 4.69) is 22.1 Å². The fourth-order valence-electron chi connectivity index (χ4n) is 3.76. The Kier molecular flexibility index (Phi) is 4.21. The van der Waals surface area contributed by atoms with Gasteiger partial charge in [-0.1, -0.05) is 36.4 Å². The van der Waals surface area contributed by atoms with Gasteiger partial charge in [0.1, 0.15) is 5.65 Å². The van der Waals surface area contributed by atoms with Crippen LogP contribution in [0.4, 0.5) is 0 Å². The molecule has 4 heterocycles. The molecule has 0 spiro atoms. The van der Waals surface area contributed by atoms with Crippen LogP contribution in [0.3, 0.4) is 0 Å². The first-order valence-electron chi connectivity index (χ1n) is 9.61. The van der Waals surface area contributed by atoms with E-state index < -0.39 is 0 Å². The Morgan fingerprint density at radius 3 is 2.66 bits per heavy atom. The molecule has 5 heteroatoms. The Balaban J connectivity index is 1.52. The molecule has 29 heavy (non-hydrogen) atoms. The predicted molar refractivity (Wildman–Crippen MR) is 114 cm³/mol. The maximum Gasteiger partial charge on any atom is 0.260 e. The summed E-state index contributed by atoms with van der Waals surface area (Å²) in [6, 6.07) is 16.3. The first-order valence-corrected chi connectivity index (χ1v) is 9.61. The molecule has 0 amide bonds. The Morgan fingerprint density at radius 2 is 1.79 bits per heavy atom. The number of imidazole rings is 1. The summed E-state index contributed by atoms with van der Waals surface area (Å²) in [6.07, 6.45) is 10.1. The normalized spacial score (nSPS) is 11.3. The molecule has 0 fully saturated rings. The van der Waals surface area contributed by atoms with Gasteiger partial charge in [0, 0.05) is 31.0 Å². The molecule has 5 nitrogen and oxygen atoms in total. The second kappa shape index (κ2) is 7.02. The lowest BCUT2D eigenvalue weighted by atomic mass is 10.0. The van der Waals surface area contributed by atoms with Crippen molar-refractivity contribution >= 4 is 16.4 Å². The third kappa shape index (κ3) is 3.31. The Labute approximate surface area is 167 Å². The molecule has 0 N–H and O–H groups in total. The van der Waals surface area contributed by atoms with Gasteiger partial charge >= 0.3 is 0 Å². The van der Waals surface area contributed by atoms with E-state index in [1.165, 1.54) is 11.1 Å². The highest BCUT2D eigenvalue weighted by Gasteiger charge is 2.10. The van der Waals surface area contributed by atoms with Crippen LogP contribution in [0, 0.1) is 6.92 Å². The number of pyridine rings is 3. The zero-order valence-corrected chi connectivity index (χ0v) is 16.1. The molecule has 0 saturated heterocycles. The highest BCUT2D eigenvalue weighted by molar-refractivity contribution is 5.84. The van der Waals surface area contributed by atoms with Crippen molar-refractivity contribution in [3.05, 3.63) is 112 Å². The minimum atomic E-state index is -0.0434. The zero-order chi connectivity index (χ0) is 19.8. The van der Waals surface area contributed by atoms with Crippen molar-refractivity contribution in [2.45, 2.75) is 19.9 Å². The van der Waals surface area contributed by atoms with Crippen LogP contribution in [0.5, 0.6) is 0 Å². The quantitative estimate of drug-likeness (QED) is 0.474. The molecule has 0 unspecified atom stereocenters. The minimum absolute atomic E-state index is 0.0434. The summed E-state index contributed by atoms with van der Waals surface area (Å²) in [6.45, 7) is 2.48. The third-order valence-corrected chi connectivity index (χ3v) is 5.20. The fourth-order valence-corrected chi connectivity index (χ4v) is 3.76. The van der Waals surface area contributed by atoms with Crippen molar-refractivity contribution in [2.75, 3.05) is 0 Å². The summed E-state index contributed by atoms with van der Waals surface area (Å²) in [5.74, 6) is 0. The molecular weight excluding hydrogens is 360 g/mol. The van der Waals surface area contributed by atoms with Crippen LogP contribution in [-0.2, 0) is 13.0 Å². The van der Waals surface area contributed by atoms with Crippen molar-refractivity contribution in [3.63, 3.8) is 0 Å². The van der Waals surface area contributed by atoms with Gasteiger partial charge < -0.3 is 8.97 Å². The van der Waals surface area contributed by atoms with E-state index in [1.54, 1.807) is 10.8 Å².